The molecule has 1 aromatic rings. The number of rotatable bonds is 4. The van der Waals surface area contributed by atoms with Crippen LogP contribution in [0.25, 0.3) is 0 Å². The molecule has 0 bridgehead atoms. The van der Waals surface area contributed by atoms with Crippen molar-refractivity contribution >= 4 is 11.9 Å². The third-order valence-electron chi connectivity index (χ3n) is 3.74. The average Bonchev–Trinajstić information content (AvgIpc) is 2.96. The summed E-state index contributed by atoms with van der Waals surface area (Å²) < 4.78 is 9.89. The van der Waals surface area contributed by atoms with Crippen molar-refractivity contribution in [2.45, 2.75) is 31.2 Å². The highest BCUT2D eigenvalue weighted by atomic mass is 16.5. The summed E-state index contributed by atoms with van der Waals surface area (Å²) in [5.74, 6) is 0.0573. The van der Waals surface area contributed by atoms with Gasteiger partial charge in [-0.25, -0.2) is 4.79 Å². The molecule has 0 aromatic heterocycles. The van der Waals surface area contributed by atoms with Crippen LogP contribution in [0.1, 0.15) is 36.0 Å². The molecule has 1 fully saturated rings. The molecule has 1 aromatic carbocycles. The van der Waals surface area contributed by atoms with Gasteiger partial charge in [-0.3, -0.25) is 4.79 Å². The van der Waals surface area contributed by atoms with Crippen LogP contribution < -0.4 is 10.1 Å². The van der Waals surface area contributed by atoms with E-state index in [-0.39, 0.29) is 11.9 Å². The lowest BCUT2D eigenvalue weighted by Gasteiger charge is -2.27. The molecule has 20 heavy (non-hydrogen) atoms. The second kappa shape index (κ2) is 5.94. The third-order valence-corrected chi connectivity index (χ3v) is 3.74. The second-order valence-corrected chi connectivity index (χ2v) is 4.96. The molecule has 1 aliphatic carbocycles. The predicted molar refractivity (Wildman–Crippen MR) is 73.7 cm³/mol. The van der Waals surface area contributed by atoms with Crippen LogP contribution in [-0.4, -0.2) is 31.6 Å². The first-order chi connectivity index (χ1) is 9.61. The first-order valence-electron chi connectivity index (χ1n) is 6.66. The highest BCUT2D eigenvalue weighted by Crippen LogP contribution is 2.31. The number of amides is 1. The highest BCUT2D eigenvalue weighted by molar-refractivity contribution is 5.98. The van der Waals surface area contributed by atoms with Crippen molar-refractivity contribution in [3.63, 3.8) is 0 Å². The van der Waals surface area contributed by atoms with E-state index in [4.69, 9.17) is 9.47 Å². The maximum atomic E-state index is 12.3. The van der Waals surface area contributed by atoms with E-state index in [1.165, 1.54) is 7.11 Å². The van der Waals surface area contributed by atoms with E-state index >= 15 is 0 Å². The lowest BCUT2D eigenvalue weighted by molar-refractivity contribution is -0.148. The monoisotopic (exact) mass is 277 g/mol. The standard InChI is InChI=1S/C15H19NO4/c1-19-12-7-5-11(6-8-12)13(17)16-15(14(18)20-2)9-3-4-10-15/h5-8H,3-4,9-10H2,1-2H3,(H,16,17). The highest BCUT2D eigenvalue weighted by Gasteiger charge is 2.43. The van der Waals surface area contributed by atoms with Crippen molar-refractivity contribution in [2.24, 2.45) is 0 Å². The predicted octanol–water partition coefficient (Wildman–Crippen LogP) is 1.91. The van der Waals surface area contributed by atoms with Gasteiger partial charge in [-0.15, -0.1) is 0 Å². The van der Waals surface area contributed by atoms with Crippen LogP contribution >= 0.6 is 0 Å². The van der Waals surface area contributed by atoms with E-state index in [1.54, 1.807) is 31.4 Å². The van der Waals surface area contributed by atoms with Crippen molar-refractivity contribution in [1.82, 2.24) is 5.32 Å². The molecule has 108 valence electrons. The number of hydrogen-bond donors (Lipinski definition) is 1. The summed E-state index contributed by atoms with van der Waals surface area (Å²) in [6.07, 6.45) is 3.08. The second-order valence-electron chi connectivity index (χ2n) is 4.96. The van der Waals surface area contributed by atoms with Crippen LogP contribution in [0.15, 0.2) is 24.3 Å². The van der Waals surface area contributed by atoms with E-state index < -0.39 is 5.54 Å². The molecular formula is C15H19NO4. The number of methoxy groups -OCH3 is 2. The molecule has 0 spiro atoms. The summed E-state index contributed by atoms with van der Waals surface area (Å²) in [7, 11) is 2.92. The van der Waals surface area contributed by atoms with Gasteiger partial charge >= 0.3 is 5.97 Å². The third kappa shape index (κ3) is 2.76. The molecule has 1 N–H and O–H groups in total. The van der Waals surface area contributed by atoms with Gasteiger partial charge in [0, 0.05) is 5.56 Å². The number of carbonyl (C=O) groups excluding carboxylic acids is 2. The zero-order chi connectivity index (χ0) is 14.6. The SMILES string of the molecule is COC(=O)C1(NC(=O)c2ccc(OC)cc2)CCCC1. The Morgan fingerprint density at radius 2 is 1.70 bits per heavy atom. The van der Waals surface area contributed by atoms with E-state index in [0.717, 1.165) is 12.8 Å². The molecule has 0 saturated heterocycles. The Labute approximate surface area is 118 Å². The van der Waals surface area contributed by atoms with Crippen LogP contribution in [-0.2, 0) is 9.53 Å². The summed E-state index contributed by atoms with van der Waals surface area (Å²) in [4.78, 5) is 24.2. The summed E-state index contributed by atoms with van der Waals surface area (Å²) in [5.41, 5.74) is -0.368. The largest absolute Gasteiger partial charge is 0.497 e. The summed E-state index contributed by atoms with van der Waals surface area (Å²) >= 11 is 0. The number of hydrogen-bond acceptors (Lipinski definition) is 4. The minimum atomic E-state index is -0.869. The summed E-state index contributed by atoms with van der Waals surface area (Å²) in [5, 5.41) is 2.84. The quantitative estimate of drug-likeness (QED) is 0.854. The van der Waals surface area contributed by atoms with E-state index in [2.05, 4.69) is 5.32 Å². The van der Waals surface area contributed by atoms with Gasteiger partial charge < -0.3 is 14.8 Å². The lowest BCUT2D eigenvalue weighted by atomic mass is 9.97. The van der Waals surface area contributed by atoms with Crippen LogP contribution in [0.5, 0.6) is 5.75 Å². The Morgan fingerprint density at radius 1 is 1.10 bits per heavy atom. The molecule has 0 aliphatic heterocycles. The molecule has 1 aliphatic rings. The lowest BCUT2D eigenvalue weighted by Crippen LogP contribution is -2.53. The molecular weight excluding hydrogens is 258 g/mol. The average molecular weight is 277 g/mol. The van der Waals surface area contributed by atoms with Gasteiger partial charge in [0.25, 0.3) is 5.91 Å². The fraction of sp³-hybridized carbons (Fsp3) is 0.467. The molecule has 5 heteroatoms. The normalized spacial score (nSPS) is 16.5. The molecule has 1 amide bonds. The first-order valence-corrected chi connectivity index (χ1v) is 6.66. The fourth-order valence-electron chi connectivity index (χ4n) is 2.59. The van der Waals surface area contributed by atoms with Gasteiger partial charge in [-0.1, -0.05) is 12.8 Å². The molecule has 1 saturated carbocycles. The number of ether oxygens (including phenoxy) is 2. The van der Waals surface area contributed by atoms with E-state index in [9.17, 15) is 9.59 Å². The molecule has 0 radical (unpaired) electrons. The zero-order valence-corrected chi connectivity index (χ0v) is 11.8. The van der Waals surface area contributed by atoms with Gasteiger partial charge in [0.05, 0.1) is 14.2 Å². The van der Waals surface area contributed by atoms with Crippen molar-refractivity contribution in [3.05, 3.63) is 29.8 Å². The van der Waals surface area contributed by atoms with Crippen molar-refractivity contribution in [1.29, 1.82) is 0 Å². The Hall–Kier alpha value is -2.04. The van der Waals surface area contributed by atoms with Crippen molar-refractivity contribution < 1.29 is 19.1 Å². The fourth-order valence-corrected chi connectivity index (χ4v) is 2.59. The van der Waals surface area contributed by atoms with E-state index in [0.29, 0.717) is 24.2 Å². The van der Waals surface area contributed by atoms with Gasteiger partial charge in [-0.2, -0.15) is 0 Å². The Balaban J connectivity index is 2.14. The van der Waals surface area contributed by atoms with Gasteiger partial charge in [0.15, 0.2) is 0 Å². The van der Waals surface area contributed by atoms with Gasteiger partial charge in [-0.05, 0) is 37.1 Å². The Bertz CT molecular complexity index is 489. The summed E-state index contributed by atoms with van der Waals surface area (Å²) in [6.45, 7) is 0. The number of esters is 1. The molecule has 0 unspecified atom stereocenters. The van der Waals surface area contributed by atoms with Gasteiger partial charge in [0.1, 0.15) is 11.3 Å². The van der Waals surface area contributed by atoms with Crippen LogP contribution in [0.2, 0.25) is 0 Å². The van der Waals surface area contributed by atoms with Crippen LogP contribution in [0.3, 0.4) is 0 Å². The zero-order valence-electron chi connectivity index (χ0n) is 11.8. The Kier molecular flexibility index (Phi) is 4.27. The van der Waals surface area contributed by atoms with Crippen LogP contribution in [0, 0.1) is 0 Å². The summed E-state index contributed by atoms with van der Waals surface area (Å²) in [6, 6.07) is 6.78. The Morgan fingerprint density at radius 3 is 2.20 bits per heavy atom. The molecule has 0 atom stereocenters. The minimum Gasteiger partial charge on any atom is -0.497 e. The first kappa shape index (κ1) is 14.4. The minimum absolute atomic E-state index is 0.264. The number of carbonyl (C=O) groups is 2. The maximum absolute atomic E-state index is 12.3. The van der Waals surface area contributed by atoms with E-state index in [1.807, 2.05) is 0 Å². The molecule has 5 nitrogen and oxygen atoms in total. The number of nitrogens with one attached hydrogen (secondary N) is 1. The van der Waals surface area contributed by atoms with Crippen molar-refractivity contribution in [2.75, 3.05) is 14.2 Å². The smallest absolute Gasteiger partial charge is 0.331 e. The van der Waals surface area contributed by atoms with Crippen molar-refractivity contribution in [3.8, 4) is 5.75 Å². The number of benzene rings is 1. The molecule has 0 heterocycles. The topological polar surface area (TPSA) is 64.6 Å². The van der Waals surface area contributed by atoms with Gasteiger partial charge in [0.2, 0.25) is 0 Å². The molecule has 2 rings (SSSR count). The van der Waals surface area contributed by atoms with Crippen LogP contribution in [0.4, 0.5) is 0 Å². The maximum Gasteiger partial charge on any atom is 0.331 e.